The summed E-state index contributed by atoms with van der Waals surface area (Å²) in [7, 11) is 1.67. The second-order valence-corrected chi connectivity index (χ2v) is 8.79. The van der Waals surface area contributed by atoms with Crippen molar-refractivity contribution in [3.63, 3.8) is 0 Å². The second-order valence-electron chi connectivity index (χ2n) is 7.66. The van der Waals surface area contributed by atoms with E-state index in [1.165, 1.54) is 46.8 Å². The molecule has 3 heterocycles. The number of hydrogen-bond acceptors (Lipinski definition) is 5. The molecule has 3 aliphatic heterocycles. The van der Waals surface area contributed by atoms with E-state index in [9.17, 15) is 5.11 Å². The van der Waals surface area contributed by atoms with E-state index in [0.717, 1.165) is 30.0 Å². The maximum atomic E-state index is 9.93. The van der Waals surface area contributed by atoms with Gasteiger partial charge in [-0.25, -0.2) is 0 Å². The molecule has 0 unspecified atom stereocenters. The molecule has 5 heteroatoms. The zero-order valence-electron chi connectivity index (χ0n) is 15.7. The first-order valence-electron chi connectivity index (χ1n) is 9.86. The summed E-state index contributed by atoms with van der Waals surface area (Å²) >= 11 is 1.99. The van der Waals surface area contributed by atoms with Gasteiger partial charge in [0.15, 0.2) is 0 Å². The van der Waals surface area contributed by atoms with Gasteiger partial charge in [0.1, 0.15) is 5.75 Å². The van der Waals surface area contributed by atoms with Crippen molar-refractivity contribution in [3.8, 4) is 16.9 Å². The molecule has 0 spiro atoms. The molecule has 0 bridgehead atoms. The fourth-order valence-corrected chi connectivity index (χ4v) is 6.07. The van der Waals surface area contributed by atoms with Crippen LogP contribution >= 0.6 is 11.8 Å². The minimum absolute atomic E-state index is 0.0197. The highest BCUT2D eigenvalue weighted by molar-refractivity contribution is 7.99. The number of fused-ring (bicyclic) bond motifs is 3. The van der Waals surface area contributed by atoms with Crippen LogP contribution in [0.3, 0.4) is 0 Å². The van der Waals surface area contributed by atoms with Crippen molar-refractivity contribution in [2.24, 2.45) is 0 Å². The van der Waals surface area contributed by atoms with Gasteiger partial charge in [0.05, 0.1) is 19.4 Å². The third-order valence-corrected chi connectivity index (χ3v) is 7.35. The topological polar surface area (TPSA) is 44.7 Å². The van der Waals surface area contributed by atoms with Gasteiger partial charge >= 0.3 is 0 Å². The van der Waals surface area contributed by atoms with E-state index in [0.29, 0.717) is 12.0 Å². The smallest absolute Gasteiger partial charge is 0.119 e. The second kappa shape index (κ2) is 7.04. The molecule has 2 aromatic carbocycles. The van der Waals surface area contributed by atoms with Gasteiger partial charge in [-0.05, 0) is 71.7 Å². The number of benzene rings is 2. The average Bonchev–Trinajstić information content (AvgIpc) is 2.88. The van der Waals surface area contributed by atoms with E-state index < -0.39 is 0 Å². The van der Waals surface area contributed by atoms with E-state index in [-0.39, 0.29) is 6.61 Å². The number of aliphatic hydroxyl groups is 1. The molecule has 2 atom stereocenters. The van der Waals surface area contributed by atoms with Crippen molar-refractivity contribution in [1.82, 2.24) is 5.32 Å². The van der Waals surface area contributed by atoms with Gasteiger partial charge in [0, 0.05) is 29.9 Å². The van der Waals surface area contributed by atoms with Crippen molar-refractivity contribution in [1.29, 1.82) is 0 Å². The molecule has 3 aliphatic rings. The summed E-state index contributed by atoms with van der Waals surface area (Å²) in [5.74, 6) is 2.54. The molecule has 142 valence electrons. The highest BCUT2D eigenvalue weighted by atomic mass is 32.2. The lowest BCUT2D eigenvalue weighted by atomic mass is 9.88. The number of aliphatic hydroxyl groups excluding tert-OH is 1. The Hall–Kier alpha value is -1.69. The van der Waals surface area contributed by atoms with E-state index in [2.05, 4.69) is 28.4 Å². The summed E-state index contributed by atoms with van der Waals surface area (Å²) in [5, 5.41) is 13.5. The Balaban J connectivity index is 1.66. The van der Waals surface area contributed by atoms with Gasteiger partial charge in [-0.1, -0.05) is 6.07 Å². The molecule has 0 aromatic heterocycles. The number of hydrogen-bond donors (Lipinski definition) is 2. The molecular weight excluding hydrogens is 356 g/mol. The molecular formula is C22H26N2O2S. The molecule has 0 radical (unpaired) electrons. The lowest BCUT2D eigenvalue weighted by molar-refractivity contribution is 0.281. The maximum absolute atomic E-state index is 9.93. The number of nitrogens with one attached hydrogen (secondary N) is 1. The fraction of sp³-hybridized carbons (Fsp3) is 0.455. The van der Waals surface area contributed by atoms with Gasteiger partial charge in [0.25, 0.3) is 0 Å². The highest BCUT2D eigenvalue weighted by Gasteiger charge is 2.41. The molecule has 5 rings (SSSR count). The Kier molecular flexibility index (Phi) is 4.54. The number of nitrogens with zero attached hydrogens (tertiary/aromatic N) is 1. The molecule has 27 heavy (non-hydrogen) atoms. The van der Waals surface area contributed by atoms with Gasteiger partial charge in [-0.2, -0.15) is 0 Å². The SMILES string of the molecule is COc1ccc(-c2cc3c4c(c2)[C@@H]2CNCC[C@@H]2N4CCCS3)c(CO)c1. The molecule has 1 saturated heterocycles. The molecule has 2 aromatic rings. The number of methoxy groups -OCH3 is 1. The quantitative estimate of drug-likeness (QED) is 0.849. The van der Waals surface area contributed by atoms with Crippen LogP contribution in [-0.2, 0) is 6.61 Å². The van der Waals surface area contributed by atoms with Crippen molar-refractivity contribution < 1.29 is 9.84 Å². The highest BCUT2D eigenvalue weighted by Crippen LogP contribution is 2.51. The standard InChI is InChI=1S/C22H26N2O2S/c1-26-16-3-4-17(15(9-16)13-25)14-10-18-19-12-23-6-5-20(19)24-7-2-8-27-21(11-14)22(18)24/h3-4,9-11,19-20,23,25H,2,5-8,12-13H2,1H3/t19-,20-/m0/s1. The fourth-order valence-electron chi connectivity index (χ4n) is 4.99. The first kappa shape index (κ1) is 17.4. The molecule has 0 amide bonds. The van der Waals surface area contributed by atoms with Crippen LogP contribution in [0.15, 0.2) is 35.2 Å². The summed E-state index contributed by atoms with van der Waals surface area (Å²) in [5.41, 5.74) is 6.23. The van der Waals surface area contributed by atoms with Crippen LogP contribution in [-0.4, -0.2) is 43.6 Å². The molecule has 2 N–H and O–H groups in total. The maximum Gasteiger partial charge on any atom is 0.119 e. The lowest BCUT2D eigenvalue weighted by Crippen LogP contribution is -2.44. The first-order valence-corrected chi connectivity index (χ1v) is 10.8. The van der Waals surface area contributed by atoms with Crippen molar-refractivity contribution in [2.75, 3.05) is 37.4 Å². The van der Waals surface area contributed by atoms with Gasteiger partial charge in [-0.15, -0.1) is 11.8 Å². The largest absolute Gasteiger partial charge is 0.497 e. The number of piperidine rings is 1. The van der Waals surface area contributed by atoms with Crippen LogP contribution in [0.25, 0.3) is 11.1 Å². The van der Waals surface area contributed by atoms with Gasteiger partial charge < -0.3 is 20.1 Å². The van der Waals surface area contributed by atoms with Crippen LogP contribution in [0.2, 0.25) is 0 Å². The zero-order chi connectivity index (χ0) is 18.4. The lowest BCUT2D eigenvalue weighted by Gasteiger charge is -2.33. The Labute approximate surface area is 164 Å². The number of rotatable bonds is 3. The summed E-state index contributed by atoms with van der Waals surface area (Å²) < 4.78 is 5.35. The van der Waals surface area contributed by atoms with Gasteiger partial charge in [0.2, 0.25) is 0 Å². The minimum Gasteiger partial charge on any atom is -0.497 e. The van der Waals surface area contributed by atoms with Crippen molar-refractivity contribution >= 4 is 17.4 Å². The molecule has 4 nitrogen and oxygen atoms in total. The van der Waals surface area contributed by atoms with Crippen molar-refractivity contribution in [3.05, 3.63) is 41.5 Å². The average molecular weight is 383 g/mol. The summed E-state index contributed by atoms with van der Waals surface area (Å²) in [6.07, 6.45) is 2.47. The van der Waals surface area contributed by atoms with E-state index in [1.54, 1.807) is 7.11 Å². The van der Waals surface area contributed by atoms with E-state index in [1.807, 2.05) is 23.9 Å². The third-order valence-electron chi connectivity index (χ3n) is 6.23. The summed E-state index contributed by atoms with van der Waals surface area (Å²) in [6.45, 7) is 3.38. The predicted molar refractivity (Wildman–Crippen MR) is 111 cm³/mol. The number of thioether (sulfide) groups is 1. The van der Waals surface area contributed by atoms with Crippen LogP contribution < -0.4 is 15.0 Å². The van der Waals surface area contributed by atoms with Crippen LogP contribution in [0, 0.1) is 0 Å². The van der Waals surface area contributed by atoms with Crippen LogP contribution in [0.1, 0.15) is 29.9 Å². The summed E-state index contributed by atoms with van der Waals surface area (Å²) in [6, 6.07) is 11.4. The predicted octanol–water partition coefficient (Wildman–Crippen LogP) is 3.62. The van der Waals surface area contributed by atoms with E-state index in [4.69, 9.17) is 4.74 Å². The van der Waals surface area contributed by atoms with Gasteiger partial charge in [-0.3, -0.25) is 0 Å². The Morgan fingerprint density at radius 2 is 2.22 bits per heavy atom. The van der Waals surface area contributed by atoms with Crippen LogP contribution in [0.4, 0.5) is 5.69 Å². The minimum atomic E-state index is 0.0197. The monoisotopic (exact) mass is 382 g/mol. The number of anilines is 1. The number of ether oxygens (including phenoxy) is 1. The first-order chi connectivity index (χ1) is 13.3. The Bertz CT molecular complexity index is 870. The van der Waals surface area contributed by atoms with Crippen LogP contribution in [0.5, 0.6) is 5.75 Å². The Morgan fingerprint density at radius 1 is 1.30 bits per heavy atom. The normalized spacial score (nSPS) is 23.6. The van der Waals surface area contributed by atoms with E-state index >= 15 is 0 Å². The summed E-state index contributed by atoms with van der Waals surface area (Å²) in [4.78, 5) is 4.11. The third kappa shape index (κ3) is 2.84. The molecule has 0 aliphatic carbocycles. The van der Waals surface area contributed by atoms with Crippen molar-refractivity contribution in [2.45, 2.75) is 36.3 Å². The molecule has 0 saturated carbocycles. The molecule has 1 fully saturated rings. The zero-order valence-corrected chi connectivity index (χ0v) is 16.5. The Morgan fingerprint density at radius 3 is 3.07 bits per heavy atom.